The predicted molar refractivity (Wildman–Crippen MR) is 120 cm³/mol. The van der Waals surface area contributed by atoms with Crippen LogP contribution in [0.3, 0.4) is 0 Å². The molecule has 0 bridgehead atoms. The summed E-state index contributed by atoms with van der Waals surface area (Å²) in [5.41, 5.74) is 9.97. The quantitative estimate of drug-likeness (QED) is 0.571. The lowest BCUT2D eigenvalue weighted by Crippen LogP contribution is -2.27. The number of anilines is 2. The van der Waals surface area contributed by atoms with Crippen molar-refractivity contribution >= 4 is 21.2 Å². The molecule has 0 aliphatic heterocycles. The van der Waals surface area contributed by atoms with Gasteiger partial charge in [0.2, 0.25) is 9.84 Å². The maximum absolute atomic E-state index is 13.6. The molecule has 0 saturated heterocycles. The smallest absolute Gasteiger partial charge is 0.208 e. The molecule has 0 heterocycles. The first-order chi connectivity index (χ1) is 13.8. The van der Waals surface area contributed by atoms with E-state index in [9.17, 15) is 8.42 Å². The number of likely N-dealkylation sites (N-methyl/N-ethyl adjacent to an activating group) is 1. The predicted octanol–water partition coefficient (Wildman–Crippen LogP) is 4.79. The minimum absolute atomic E-state index is 0.277. The van der Waals surface area contributed by atoms with Crippen LogP contribution in [0.15, 0.2) is 76.5 Å². The SMILES string of the molecule is CCN(CCc1ccccc1)c1cccc(C)c1S(=O)(=O)c1ccc(N)c(C)c1. The molecule has 3 aromatic rings. The summed E-state index contributed by atoms with van der Waals surface area (Å²) in [7, 11) is -3.67. The van der Waals surface area contributed by atoms with Crippen LogP contribution in [0.2, 0.25) is 0 Å². The van der Waals surface area contributed by atoms with E-state index in [0.717, 1.165) is 36.3 Å². The van der Waals surface area contributed by atoms with Gasteiger partial charge in [0.05, 0.1) is 15.5 Å². The molecule has 0 amide bonds. The molecule has 0 aromatic heterocycles. The number of sulfone groups is 1. The van der Waals surface area contributed by atoms with Crippen molar-refractivity contribution in [2.45, 2.75) is 37.0 Å². The summed E-state index contributed by atoms with van der Waals surface area (Å²) < 4.78 is 27.1. The number of hydrogen-bond donors (Lipinski definition) is 1. The summed E-state index contributed by atoms with van der Waals surface area (Å²) in [4.78, 5) is 2.79. The zero-order chi connectivity index (χ0) is 21.0. The van der Waals surface area contributed by atoms with Crippen LogP contribution in [0.25, 0.3) is 0 Å². The lowest BCUT2D eigenvalue weighted by molar-refractivity contribution is 0.595. The molecule has 5 heteroatoms. The molecule has 3 aromatic carbocycles. The summed E-state index contributed by atoms with van der Waals surface area (Å²) >= 11 is 0. The second kappa shape index (κ2) is 8.70. The number of aryl methyl sites for hydroxylation is 2. The maximum Gasteiger partial charge on any atom is 0.208 e. The Hall–Kier alpha value is -2.79. The van der Waals surface area contributed by atoms with Gasteiger partial charge in [0.15, 0.2) is 0 Å². The van der Waals surface area contributed by atoms with Gasteiger partial charge in [-0.1, -0.05) is 42.5 Å². The van der Waals surface area contributed by atoms with Gasteiger partial charge in [0, 0.05) is 18.8 Å². The first-order valence-corrected chi connectivity index (χ1v) is 11.3. The van der Waals surface area contributed by atoms with E-state index in [-0.39, 0.29) is 4.90 Å². The van der Waals surface area contributed by atoms with Crippen molar-refractivity contribution in [2.24, 2.45) is 0 Å². The van der Waals surface area contributed by atoms with E-state index < -0.39 is 9.84 Å². The zero-order valence-corrected chi connectivity index (χ0v) is 18.0. The summed E-state index contributed by atoms with van der Waals surface area (Å²) in [5, 5.41) is 0. The van der Waals surface area contributed by atoms with Gasteiger partial charge in [0.25, 0.3) is 0 Å². The minimum Gasteiger partial charge on any atom is -0.399 e. The molecule has 0 spiro atoms. The van der Waals surface area contributed by atoms with Gasteiger partial charge in [0.1, 0.15) is 0 Å². The van der Waals surface area contributed by atoms with E-state index in [0.29, 0.717) is 10.6 Å². The summed E-state index contributed by atoms with van der Waals surface area (Å²) in [6.07, 6.45) is 0.850. The lowest BCUT2D eigenvalue weighted by atomic mass is 10.1. The summed E-state index contributed by atoms with van der Waals surface area (Å²) in [6, 6.07) is 20.8. The van der Waals surface area contributed by atoms with E-state index in [1.807, 2.05) is 50.2 Å². The van der Waals surface area contributed by atoms with Gasteiger partial charge < -0.3 is 10.6 Å². The molecule has 0 unspecified atom stereocenters. The fourth-order valence-electron chi connectivity index (χ4n) is 3.53. The number of rotatable bonds is 7. The van der Waals surface area contributed by atoms with Gasteiger partial charge in [-0.3, -0.25) is 0 Å². The number of benzene rings is 3. The van der Waals surface area contributed by atoms with Crippen molar-refractivity contribution in [3.8, 4) is 0 Å². The monoisotopic (exact) mass is 408 g/mol. The Balaban J connectivity index is 2.02. The second-order valence-electron chi connectivity index (χ2n) is 7.26. The normalized spacial score (nSPS) is 11.4. The molecule has 0 saturated carbocycles. The molecule has 4 nitrogen and oxygen atoms in total. The Morgan fingerprint density at radius 3 is 2.28 bits per heavy atom. The van der Waals surface area contributed by atoms with Crippen LogP contribution in [-0.2, 0) is 16.3 Å². The largest absolute Gasteiger partial charge is 0.399 e. The Morgan fingerprint density at radius 2 is 1.62 bits per heavy atom. The third-order valence-corrected chi connectivity index (χ3v) is 7.19. The maximum atomic E-state index is 13.6. The third-order valence-electron chi connectivity index (χ3n) is 5.25. The molecule has 3 rings (SSSR count). The van der Waals surface area contributed by atoms with E-state index in [4.69, 9.17) is 5.73 Å². The standard InChI is InChI=1S/C24H28N2O2S/c1-4-26(16-15-20-10-6-5-7-11-20)23-12-8-9-18(2)24(23)29(27,28)21-13-14-22(25)19(3)17-21/h5-14,17H,4,15-16,25H2,1-3H3. The molecular formula is C24H28N2O2S. The zero-order valence-electron chi connectivity index (χ0n) is 17.2. The van der Waals surface area contributed by atoms with Crippen LogP contribution < -0.4 is 10.6 Å². The molecular weight excluding hydrogens is 380 g/mol. The first kappa shape index (κ1) is 20.9. The van der Waals surface area contributed by atoms with E-state index in [2.05, 4.69) is 24.0 Å². The number of nitrogens with two attached hydrogens (primary N) is 1. The fourth-order valence-corrected chi connectivity index (χ4v) is 5.31. The van der Waals surface area contributed by atoms with Gasteiger partial charge in [-0.05, 0) is 68.1 Å². The summed E-state index contributed by atoms with van der Waals surface area (Å²) in [6.45, 7) is 7.20. The Labute approximate surface area is 173 Å². The molecule has 2 N–H and O–H groups in total. The van der Waals surface area contributed by atoms with Gasteiger partial charge in [-0.15, -0.1) is 0 Å². The van der Waals surface area contributed by atoms with Crippen LogP contribution in [0.4, 0.5) is 11.4 Å². The molecule has 29 heavy (non-hydrogen) atoms. The van der Waals surface area contributed by atoms with Crippen molar-refractivity contribution < 1.29 is 8.42 Å². The van der Waals surface area contributed by atoms with Crippen LogP contribution in [-0.4, -0.2) is 21.5 Å². The second-order valence-corrected chi connectivity index (χ2v) is 9.15. The molecule has 0 fully saturated rings. The van der Waals surface area contributed by atoms with Gasteiger partial charge >= 0.3 is 0 Å². The van der Waals surface area contributed by atoms with Crippen LogP contribution in [0.1, 0.15) is 23.6 Å². The number of hydrogen-bond acceptors (Lipinski definition) is 4. The van der Waals surface area contributed by atoms with Crippen molar-refractivity contribution in [1.82, 2.24) is 0 Å². The molecule has 0 atom stereocenters. The number of nitrogen functional groups attached to an aromatic ring is 1. The van der Waals surface area contributed by atoms with Crippen molar-refractivity contribution in [3.63, 3.8) is 0 Å². The highest BCUT2D eigenvalue weighted by atomic mass is 32.2. The highest BCUT2D eigenvalue weighted by Crippen LogP contribution is 2.34. The molecule has 152 valence electrons. The van der Waals surface area contributed by atoms with E-state index in [1.54, 1.807) is 18.2 Å². The lowest BCUT2D eigenvalue weighted by Gasteiger charge is -2.27. The number of nitrogens with zero attached hydrogens (tertiary/aromatic N) is 1. The average molecular weight is 409 g/mol. The molecule has 0 radical (unpaired) electrons. The van der Waals surface area contributed by atoms with Gasteiger partial charge in [-0.2, -0.15) is 0 Å². The summed E-state index contributed by atoms with van der Waals surface area (Å²) in [5.74, 6) is 0. The third kappa shape index (κ3) is 4.46. The Bertz CT molecular complexity index is 1090. The molecule has 0 aliphatic rings. The first-order valence-electron chi connectivity index (χ1n) is 9.84. The molecule has 0 aliphatic carbocycles. The van der Waals surface area contributed by atoms with Gasteiger partial charge in [-0.25, -0.2) is 8.42 Å². The van der Waals surface area contributed by atoms with Crippen LogP contribution in [0, 0.1) is 13.8 Å². The highest BCUT2D eigenvalue weighted by Gasteiger charge is 2.26. The van der Waals surface area contributed by atoms with Crippen molar-refractivity contribution in [2.75, 3.05) is 23.7 Å². The van der Waals surface area contributed by atoms with E-state index >= 15 is 0 Å². The average Bonchev–Trinajstić information content (AvgIpc) is 2.71. The highest BCUT2D eigenvalue weighted by molar-refractivity contribution is 7.91. The Kier molecular flexibility index (Phi) is 6.28. The van der Waals surface area contributed by atoms with Crippen LogP contribution in [0.5, 0.6) is 0 Å². The van der Waals surface area contributed by atoms with E-state index in [1.165, 1.54) is 5.56 Å². The van der Waals surface area contributed by atoms with Crippen molar-refractivity contribution in [3.05, 3.63) is 83.4 Å². The minimum atomic E-state index is -3.67. The topological polar surface area (TPSA) is 63.4 Å². The van der Waals surface area contributed by atoms with Crippen LogP contribution >= 0.6 is 0 Å². The Morgan fingerprint density at radius 1 is 0.897 bits per heavy atom. The van der Waals surface area contributed by atoms with Crippen molar-refractivity contribution in [1.29, 1.82) is 0 Å². The fraction of sp³-hybridized carbons (Fsp3) is 0.250.